The van der Waals surface area contributed by atoms with Gasteiger partial charge < -0.3 is 9.88 Å². The SMILES string of the molecule is c1ncn(-c2ccc(NCc3cncn3C3CC3)cn2)n1. The van der Waals surface area contributed by atoms with E-state index in [1.165, 1.54) is 24.9 Å². The van der Waals surface area contributed by atoms with Crippen molar-refractivity contribution in [3.8, 4) is 5.82 Å². The van der Waals surface area contributed by atoms with Crippen molar-refractivity contribution < 1.29 is 0 Å². The van der Waals surface area contributed by atoms with E-state index in [9.17, 15) is 0 Å². The van der Waals surface area contributed by atoms with Crippen LogP contribution in [0.1, 0.15) is 24.6 Å². The van der Waals surface area contributed by atoms with Gasteiger partial charge in [0.15, 0.2) is 5.82 Å². The van der Waals surface area contributed by atoms with Crippen LogP contribution in [0.3, 0.4) is 0 Å². The van der Waals surface area contributed by atoms with Crippen LogP contribution in [0.4, 0.5) is 5.69 Å². The fraction of sp³-hybridized carbons (Fsp3) is 0.286. The van der Waals surface area contributed by atoms with E-state index in [1.807, 2.05) is 24.7 Å². The molecule has 0 spiro atoms. The lowest BCUT2D eigenvalue weighted by Gasteiger charge is -2.09. The third kappa shape index (κ3) is 2.49. The van der Waals surface area contributed by atoms with Gasteiger partial charge in [-0.25, -0.2) is 19.6 Å². The predicted octanol–water partition coefficient (Wildman–Crippen LogP) is 1.81. The molecule has 7 nitrogen and oxygen atoms in total. The molecule has 0 aromatic carbocycles. The van der Waals surface area contributed by atoms with Crippen molar-refractivity contribution in [3.05, 3.63) is 49.2 Å². The van der Waals surface area contributed by atoms with Crippen LogP contribution in [0.25, 0.3) is 5.82 Å². The van der Waals surface area contributed by atoms with Gasteiger partial charge in [-0.1, -0.05) is 0 Å². The molecule has 1 aliphatic carbocycles. The zero-order chi connectivity index (χ0) is 14.1. The number of aromatic nitrogens is 6. The molecule has 3 aromatic rings. The highest BCUT2D eigenvalue weighted by Crippen LogP contribution is 2.35. The average Bonchev–Trinajstić information content (AvgIpc) is 3.04. The normalized spacial score (nSPS) is 14.3. The molecule has 0 bridgehead atoms. The van der Waals surface area contributed by atoms with Gasteiger partial charge in [-0.2, -0.15) is 5.10 Å². The molecular formula is C14H15N7. The topological polar surface area (TPSA) is 73.5 Å². The molecule has 0 radical (unpaired) electrons. The molecule has 0 saturated heterocycles. The van der Waals surface area contributed by atoms with Gasteiger partial charge in [0.05, 0.1) is 30.5 Å². The van der Waals surface area contributed by atoms with Gasteiger partial charge in [0.2, 0.25) is 0 Å². The van der Waals surface area contributed by atoms with E-state index < -0.39 is 0 Å². The molecule has 1 N–H and O–H groups in total. The Bertz CT molecular complexity index is 710. The number of nitrogens with zero attached hydrogens (tertiary/aromatic N) is 6. The number of hydrogen-bond donors (Lipinski definition) is 1. The van der Waals surface area contributed by atoms with E-state index in [-0.39, 0.29) is 0 Å². The van der Waals surface area contributed by atoms with Crippen molar-refractivity contribution in [2.24, 2.45) is 0 Å². The second-order valence-electron chi connectivity index (χ2n) is 5.12. The minimum Gasteiger partial charge on any atom is -0.378 e. The van der Waals surface area contributed by atoms with Crippen LogP contribution in [0.2, 0.25) is 0 Å². The summed E-state index contributed by atoms with van der Waals surface area (Å²) in [6, 6.07) is 4.55. The number of imidazole rings is 1. The quantitative estimate of drug-likeness (QED) is 0.772. The Kier molecular flexibility index (Phi) is 2.88. The van der Waals surface area contributed by atoms with Gasteiger partial charge in [-0.15, -0.1) is 0 Å². The van der Waals surface area contributed by atoms with Crippen LogP contribution in [0.15, 0.2) is 43.5 Å². The summed E-state index contributed by atoms with van der Waals surface area (Å²) in [7, 11) is 0. The summed E-state index contributed by atoms with van der Waals surface area (Å²) in [6.07, 6.45) is 11.3. The van der Waals surface area contributed by atoms with Crippen LogP contribution in [0.5, 0.6) is 0 Å². The molecule has 1 aliphatic rings. The summed E-state index contributed by atoms with van der Waals surface area (Å²) in [5, 5.41) is 7.43. The molecule has 106 valence electrons. The highest BCUT2D eigenvalue weighted by atomic mass is 15.3. The lowest BCUT2D eigenvalue weighted by atomic mass is 10.3. The maximum absolute atomic E-state index is 4.37. The van der Waals surface area contributed by atoms with Crippen LogP contribution in [-0.2, 0) is 6.54 Å². The number of anilines is 1. The largest absolute Gasteiger partial charge is 0.378 e. The van der Waals surface area contributed by atoms with Crippen molar-refractivity contribution in [2.75, 3.05) is 5.32 Å². The lowest BCUT2D eigenvalue weighted by molar-refractivity contribution is 0.701. The van der Waals surface area contributed by atoms with Gasteiger partial charge in [-0.3, -0.25) is 0 Å². The highest BCUT2D eigenvalue weighted by molar-refractivity contribution is 5.43. The van der Waals surface area contributed by atoms with E-state index in [4.69, 9.17) is 0 Å². The summed E-state index contributed by atoms with van der Waals surface area (Å²) in [5.74, 6) is 0.751. The summed E-state index contributed by atoms with van der Waals surface area (Å²) >= 11 is 0. The number of rotatable bonds is 5. The second kappa shape index (κ2) is 5.01. The summed E-state index contributed by atoms with van der Waals surface area (Å²) in [4.78, 5) is 12.5. The van der Waals surface area contributed by atoms with Gasteiger partial charge in [-0.05, 0) is 25.0 Å². The Morgan fingerprint density at radius 2 is 2.10 bits per heavy atom. The first-order valence-corrected chi connectivity index (χ1v) is 6.96. The first kappa shape index (κ1) is 12.1. The molecule has 0 unspecified atom stereocenters. The Hall–Kier alpha value is -2.70. The zero-order valence-corrected chi connectivity index (χ0v) is 11.4. The van der Waals surface area contributed by atoms with Crippen molar-refractivity contribution in [1.29, 1.82) is 0 Å². The van der Waals surface area contributed by atoms with Crippen LogP contribution in [0, 0.1) is 0 Å². The Morgan fingerprint density at radius 1 is 1.14 bits per heavy atom. The van der Waals surface area contributed by atoms with Gasteiger partial charge in [0, 0.05) is 12.2 Å². The Labute approximate surface area is 121 Å². The minimum absolute atomic E-state index is 0.650. The van der Waals surface area contributed by atoms with Crippen molar-refractivity contribution in [3.63, 3.8) is 0 Å². The van der Waals surface area contributed by atoms with Gasteiger partial charge in [0.25, 0.3) is 0 Å². The van der Waals surface area contributed by atoms with Crippen molar-refractivity contribution >= 4 is 5.69 Å². The molecule has 0 atom stereocenters. The van der Waals surface area contributed by atoms with Crippen molar-refractivity contribution in [1.82, 2.24) is 29.3 Å². The van der Waals surface area contributed by atoms with E-state index >= 15 is 0 Å². The average molecular weight is 281 g/mol. The molecule has 4 rings (SSSR count). The maximum Gasteiger partial charge on any atom is 0.155 e. The van der Waals surface area contributed by atoms with E-state index in [1.54, 1.807) is 17.2 Å². The van der Waals surface area contributed by atoms with Crippen LogP contribution >= 0.6 is 0 Å². The van der Waals surface area contributed by atoms with Crippen molar-refractivity contribution in [2.45, 2.75) is 25.4 Å². The molecule has 1 saturated carbocycles. The first-order chi connectivity index (χ1) is 10.4. The number of nitrogens with one attached hydrogen (secondary N) is 1. The fourth-order valence-electron chi connectivity index (χ4n) is 2.30. The third-order valence-electron chi connectivity index (χ3n) is 3.56. The fourth-order valence-corrected chi connectivity index (χ4v) is 2.30. The molecule has 3 heterocycles. The maximum atomic E-state index is 4.37. The van der Waals surface area contributed by atoms with Gasteiger partial charge in [0.1, 0.15) is 12.7 Å². The standard InChI is InChI=1S/C14H15N7/c1-4-14(21-10-16-8-19-21)18-5-11(1)17-7-13-6-15-9-20(13)12-2-3-12/h1,4-6,8-10,12,17H,2-3,7H2. The van der Waals surface area contributed by atoms with E-state index in [2.05, 4.69) is 29.9 Å². The number of hydrogen-bond acceptors (Lipinski definition) is 5. The Balaban J connectivity index is 1.44. The molecule has 0 amide bonds. The molecule has 21 heavy (non-hydrogen) atoms. The zero-order valence-electron chi connectivity index (χ0n) is 11.4. The summed E-state index contributed by atoms with van der Waals surface area (Å²) in [5.41, 5.74) is 2.18. The molecule has 7 heteroatoms. The van der Waals surface area contributed by atoms with E-state index in [0.29, 0.717) is 6.04 Å². The van der Waals surface area contributed by atoms with E-state index in [0.717, 1.165) is 18.1 Å². The third-order valence-corrected chi connectivity index (χ3v) is 3.56. The highest BCUT2D eigenvalue weighted by Gasteiger charge is 2.24. The predicted molar refractivity (Wildman–Crippen MR) is 77.0 cm³/mol. The van der Waals surface area contributed by atoms with Crippen LogP contribution in [-0.4, -0.2) is 29.3 Å². The molecule has 0 aliphatic heterocycles. The summed E-state index contributed by atoms with van der Waals surface area (Å²) in [6.45, 7) is 0.751. The minimum atomic E-state index is 0.650. The number of pyridine rings is 1. The van der Waals surface area contributed by atoms with Gasteiger partial charge >= 0.3 is 0 Å². The van der Waals surface area contributed by atoms with Crippen LogP contribution < -0.4 is 5.32 Å². The smallest absolute Gasteiger partial charge is 0.155 e. The molecular weight excluding hydrogens is 266 g/mol. The molecule has 1 fully saturated rings. The Morgan fingerprint density at radius 3 is 2.81 bits per heavy atom. The summed E-state index contributed by atoms with van der Waals surface area (Å²) < 4.78 is 3.89. The second-order valence-corrected chi connectivity index (χ2v) is 5.12. The molecule has 3 aromatic heterocycles. The monoisotopic (exact) mass is 281 g/mol. The first-order valence-electron chi connectivity index (χ1n) is 6.96. The lowest BCUT2D eigenvalue weighted by Crippen LogP contribution is -2.06.